The van der Waals surface area contributed by atoms with Gasteiger partial charge in [-0.1, -0.05) is 18.2 Å². The molecular weight excluding hydrogens is 390 g/mol. The largest absolute Gasteiger partial charge is 0.378 e. The Morgan fingerprint density at radius 3 is 2.65 bits per heavy atom. The Bertz CT molecular complexity index is 1070. The molecule has 0 bridgehead atoms. The molecule has 7 nitrogen and oxygen atoms in total. The van der Waals surface area contributed by atoms with E-state index < -0.39 is 0 Å². The monoisotopic (exact) mass is 417 g/mol. The van der Waals surface area contributed by atoms with Gasteiger partial charge in [0.05, 0.1) is 24.3 Å². The van der Waals surface area contributed by atoms with E-state index in [-0.39, 0.29) is 5.91 Å². The summed E-state index contributed by atoms with van der Waals surface area (Å²) in [5.41, 5.74) is 2.59. The average molecular weight is 418 g/mol. The minimum Gasteiger partial charge on any atom is -0.378 e. The van der Waals surface area contributed by atoms with Crippen molar-refractivity contribution in [1.82, 2.24) is 15.3 Å². The molecular formula is C24H27N5O2. The predicted octanol–water partition coefficient (Wildman–Crippen LogP) is 3.00. The smallest absolute Gasteiger partial charge is 0.255 e. The van der Waals surface area contributed by atoms with E-state index in [2.05, 4.69) is 20.1 Å². The third-order valence-electron chi connectivity index (χ3n) is 5.95. The van der Waals surface area contributed by atoms with Crippen LogP contribution in [0, 0.1) is 0 Å². The standard InChI is InChI=1S/C24H27N5O2/c30-24(26-17-18-7-8-25-22(15-18)28-11-13-31-14-12-28)20-16-19-5-1-2-6-21(19)27-23(20)29-9-3-4-10-29/h1-2,5-8,15-16H,3-4,9-14,17H2,(H,26,30). The van der Waals surface area contributed by atoms with E-state index in [4.69, 9.17) is 9.72 Å². The molecule has 0 radical (unpaired) electrons. The molecule has 3 aromatic rings. The summed E-state index contributed by atoms with van der Waals surface area (Å²) in [5.74, 6) is 1.63. The molecule has 31 heavy (non-hydrogen) atoms. The van der Waals surface area contributed by atoms with Crippen LogP contribution in [0.4, 0.5) is 11.6 Å². The minimum absolute atomic E-state index is 0.0927. The summed E-state index contributed by atoms with van der Waals surface area (Å²) in [6.45, 7) is 5.45. The summed E-state index contributed by atoms with van der Waals surface area (Å²) in [5, 5.41) is 4.08. The van der Waals surface area contributed by atoms with Crippen LogP contribution in [-0.4, -0.2) is 55.3 Å². The molecule has 1 aromatic carbocycles. The maximum absolute atomic E-state index is 13.2. The van der Waals surface area contributed by atoms with Gasteiger partial charge in [0, 0.05) is 44.3 Å². The number of rotatable bonds is 5. The Balaban J connectivity index is 1.36. The van der Waals surface area contributed by atoms with Crippen molar-refractivity contribution in [1.29, 1.82) is 0 Å². The number of carbonyl (C=O) groups excluding carboxylic acids is 1. The van der Waals surface area contributed by atoms with Crippen LogP contribution in [0.5, 0.6) is 0 Å². The molecule has 4 heterocycles. The maximum atomic E-state index is 13.2. The molecule has 0 atom stereocenters. The summed E-state index contributed by atoms with van der Waals surface area (Å²) in [7, 11) is 0. The van der Waals surface area contributed by atoms with Gasteiger partial charge in [-0.05, 0) is 42.7 Å². The van der Waals surface area contributed by atoms with Crippen LogP contribution in [0.15, 0.2) is 48.7 Å². The topological polar surface area (TPSA) is 70.6 Å². The summed E-state index contributed by atoms with van der Waals surface area (Å²) < 4.78 is 5.43. The second kappa shape index (κ2) is 8.89. The number of hydrogen-bond acceptors (Lipinski definition) is 6. The van der Waals surface area contributed by atoms with E-state index in [9.17, 15) is 4.79 Å². The number of nitrogens with one attached hydrogen (secondary N) is 1. The van der Waals surface area contributed by atoms with Crippen molar-refractivity contribution < 1.29 is 9.53 Å². The first-order chi connectivity index (χ1) is 15.3. The highest BCUT2D eigenvalue weighted by Gasteiger charge is 2.22. The quantitative estimate of drug-likeness (QED) is 0.688. The number of para-hydroxylation sites is 1. The highest BCUT2D eigenvalue weighted by molar-refractivity contribution is 6.02. The Morgan fingerprint density at radius 2 is 1.81 bits per heavy atom. The third kappa shape index (κ3) is 4.32. The van der Waals surface area contributed by atoms with E-state index in [0.717, 1.165) is 80.3 Å². The predicted molar refractivity (Wildman–Crippen MR) is 122 cm³/mol. The van der Waals surface area contributed by atoms with Crippen LogP contribution in [0.2, 0.25) is 0 Å². The second-order valence-electron chi connectivity index (χ2n) is 8.05. The zero-order chi connectivity index (χ0) is 21.0. The molecule has 7 heteroatoms. The Morgan fingerprint density at radius 1 is 1.00 bits per heavy atom. The lowest BCUT2D eigenvalue weighted by Crippen LogP contribution is -2.36. The molecule has 2 fully saturated rings. The number of ether oxygens (including phenoxy) is 1. The number of aromatic nitrogens is 2. The van der Waals surface area contributed by atoms with Gasteiger partial charge < -0.3 is 19.9 Å². The van der Waals surface area contributed by atoms with Gasteiger partial charge in [-0.25, -0.2) is 9.97 Å². The molecule has 2 aliphatic heterocycles. The normalized spacial score (nSPS) is 16.6. The lowest BCUT2D eigenvalue weighted by molar-refractivity contribution is 0.0951. The highest BCUT2D eigenvalue weighted by atomic mass is 16.5. The molecule has 2 saturated heterocycles. The first-order valence-electron chi connectivity index (χ1n) is 11.0. The zero-order valence-electron chi connectivity index (χ0n) is 17.6. The average Bonchev–Trinajstić information content (AvgIpc) is 3.37. The molecule has 160 valence electrons. The van der Waals surface area contributed by atoms with Crippen LogP contribution in [0.1, 0.15) is 28.8 Å². The zero-order valence-corrected chi connectivity index (χ0v) is 17.6. The van der Waals surface area contributed by atoms with Crippen LogP contribution in [0.25, 0.3) is 10.9 Å². The van der Waals surface area contributed by atoms with Crippen molar-refractivity contribution in [2.75, 3.05) is 49.2 Å². The van der Waals surface area contributed by atoms with Gasteiger partial charge >= 0.3 is 0 Å². The molecule has 1 N–H and O–H groups in total. The molecule has 0 aliphatic carbocycles. The van der Waals surface area contributed by atoms with E-state index in [1.54, 1.807) is 6.20 Å². The molecule has 2 aromatic heterocycles. The van der Waals surface area contributed by atoms with Crippen LogP contribution in [-0.2, 0) is 11.3 Å². The number of amides is 1. The van der Waals surface area contributed by atoms with Crippen molar-refractivity contribution in [2.45, 2.75) is 19.4 Å². The van der Waals surface area contributed by atoms with Gasteiger partial charge in [0.1, 0.15) is 11.6 Å². The fourth-order valence-corrected chi connectivity index (χ4v) is 4.26. The SMILES string of the molecule is O=C(NCc1ccnc(N2CCOCC2)c1)c1cc2ccccc2nc1N1CCCC1. The van der Waals surface area contributed by atoms with Crippen molar-refractivity contribution in [2.24, 2.45) is 0 Å². The van der Waals surface area contributed by atoms with Crippen LogP contribution < -0.4 is 15.1 Å². The van der Waals surface area contributed by atoms with E-state index in [0.29, 0.717) is 12.1 Å². The van der Waals surface area contributed by atoms with Gasteiger partial charge in [0.15, 0.2) is 0 Å². The van der Waals surface area contributed by atoms with Gasteiger partial charge in [-0.15, -0.1) is 0 Å². The van der Waals surface area contributed by atoms with E-state index in [1.807, 2.05) is 42.5 Å². The number of anilines is 2. The Hall–Kier alpha value is -3.19. The number of nitrogens with zero attached hydrogens (tertiary/aromatic N) is 4. The second-order valence-corrected chi connectivity index (χ2v) is 8.05. The molecule has 5 rings (SSSR count). The number of pyridine rings is 2. The molecule has 1 amide bonds. The van der Waals surface area contributed by atoms with E-state index >= 15 is 0 Å². The fraction of sp³-hybridized carbons (Fsp3) is 0.375. The fourth-order valence-electron chi connectivity index (χ4n) is 4.26. The van der Waals surface area contributed by atoms with E-state index in [1.165, 1.54) is 0 Å². The van der Waals surface area contributed by atoms with Crippen molar-refractivity contribution in [3.05, 3.63) is 59.8 Å². The lowest BCUT2D eigenvalue weighted by Gasteiger charge is -2.28. The highest BCUT2D eigenvalue weighted by Crippen LogP contribution is 2.26. The molecule has 0 unspecified atom stereocenters. The number of morpholine rings is 1. The van der Waals surface area contributed by atoms with Gasteiger partial charge in [-0.2, -0.15) is 0 Å². The minimum atomic E-state index is -0.0927. The maximum Gasteiger partial charge on any atom is 0.255 e. The summed E-state index contributed by atoms with van der Waals surface area (Å²) >= 11 is 0. The first kappa shape index (κ1) is 19.8. The molecule has 0 spiro atoms. The first-order valence-corrected chi connectivity index (χ1v) is 11.0. The third-order valence-corrected chi connectivity index (χ3v) is 5.95. The Kier molecular flexibility index (Phi) is 5.67. The molecule has 2 aliphatic rings. The van der Waals surface area contributed by atoms with Gasteiger partial charge in [-0.3, -0.25) is 4.79 Å². The van der Waals surface area contributed by atoms with Crippen molar-refractivity contribution in [3.63, 3.8) is 0 Å². The van der Waals surface area contributed by atoms with Gasteiger partial charge in [0.25, 0.3) is 5.91 Å². The molecule has 0 saturated carbocycles. The van der Waals surface area contributed by atoms with Crippen molar-refractivity contribution >= 4 is 28.4 Å². The Labute approximate surface area is 182 Å². The number of fused-ring (bicyclic) bond motifs is 1. The van der Waals surface area contributed by atoms with Crippen molar-refractivity contribution in [3.8, 4) is 0 Å². The lowest BCUT2D eigenvalue weighted by atomic mass is 10.1. The summed E-state index contributed by atoms with van der Waals surface area (Å²) in [6.07, 6.45) is 4.08. The number of carbonyl (C=O) groups is 1. The number of benzene rings is 1. The van der Waals surface area contributed by atoms with Crippen LogP contribution in [0.3, 0.4) is 0 Å². The summed E-state index contributed by atoms with van der Waals surface area (Å²) in [4.78, 5) is 27.0. The van der Waals surface area contributed by atoms with Gasteiger partial charge in [0.2, 0.25) is 0 Å². The number of hydrogen-bond donors (Lipinski definition) is 1. The summed E-state index contributed by atoms with van der Waals surface area (Å²) in [6, 6.07) is 13.9. The van der Waals surface area contributed by atoms with Crippen LogP contribution >= 0.6 is 0 Å².